The Morgan fingerprint density at radius 1 is 1.47 bits per heavy atom. The van der Waals surface area contributed by atoms with Crippen molar-refractivity contribution >= 4 is 0 Å². The molecule has 1 aliphatic rings. The summed E-state index contributed by atoms with van der Waals surface area (Å²) in [5.41, 5.74) is 1.04. The molecule has 2 rings (SSSR count). The molecular weight excluding hydrogens is 236 g/mol. The van der Waals surface area contributed by atoms with Crippen molar-refractivity contribution in [2.45, 2.75) is 57.7 Å². The van der Waals surface area contributed by atoms with Gasteiger partial charge < -0.3 is 10.1 Å². The van der Waals surface area contributed by atoms with Crippen LogP contribution in [0, 0.1) is 11.3 Å². The van der Waals surface area contributed by atoms with Crippen LogP contribution in [-0.4, -0.2) is 11.6 Å². The molecule has 0 aliphatic carbocycles. The van der Waals surface area contributed by atoms with Crippen LogP contribution in [0.15, 0.2) is 24.3 Å². The number of hydrogen-bond acceptors (Lipinski definition) is 3. The highest BCUT2D eigenvalue weighted by atomic mass is 16.5. The molecule has 1 aliphatic heterocycles. The van der Waals surface area contributed by atoms with Crippen molar-refractivity contribution < 1.29 is 4.74 Å². The summed E-state index contributed by atoms with van der Waals surface area (Å²) in [4.78, 5) is 0. The van der Waals surface area contributed by atoms with Crippen molar-refractivity contribution in [1.82, 2.24) is 5.32 Å². The van der Waals surface area contributed by atoms with Crippen molar-refractivity contribution in [2.24, 2.45) is 0 Å². The van der Waals surface area contributed by atoms with E-state index in [1.807, 2.05) is 18.2 Å². The van der Waals surface area contributed by atoms with E-state index in [1.165, 1.54) is 5.56 Å². The van der Waals surface area contributed by atoms with E-state index in [4.69, 9.17) is 10.00 Å². The third-order valence-corrected chi connectivity index (χ3v) is 3.64. The first-order valence-corrected chi connectivity index (χ1v) is 6.96. The Kier molecular flexibility index (Phi) is 4.11. The van der Waals surface area contributed by atoms with Gasteiger partial charge in [-0.05, 0) is 26.3 Å². The van der Waals surface area contributed by atoms with Gasteiger partial charge in [0.05, 0.1) is 12.5 Å². The Morgan fingerprint density at radius 2 is 2.21 bits per heavy atom. The average molecular weight is 258 g/mol. The zero-order chi connectivity index (χ0) is 13.9. The summed E-state index contributed by atoms with van der Waals surface area (Å²) < 4.78 is 6.02. The first-order valence-electron chi connectivity index (χ1n) is 6.96. The predicted octanol–water partition coefficient (Wildman–Crippen LogP) is 3.57. The van der Waals surface area contributed by atoms with E-state index in [1.54, 1.807) is 0 Å². The number of rotatable bonds is 4. The van der Waals surface area contributed by atoms with Gasteiger partial charge in [0, 0.05) is 24.1 Å². The third-order valence-electron chi connectivity index (χ3n) is 3.64. The number of ether oxygens (including phenoxy) is 1. The molecule has 1 aromatic carbocycles. The minimum Gasteiger partial charge on any atom is -0.487 e. The zero-order valence-electron chi connectivity index (χ0n) is 11.9. The molecule has 1 N–H and O–H groups in total. The molecule has 1 heterocycles. The van der Waals surface area contributed by atoms with Gasteiger partial charge in [-0.2, -0.15) is 5.26 Å². The van der Waals surface area contributed by atoms with Gasteiger partial charge in [0.2, 0.25) is 0 Å². The number of benzene rings is 1. The summed E-state index contributed by atoms with van der Waals surface area (Å²) in [6.45, 7) is 6.34. The van der Waals surface area contributed by atoms with Crippen LogP contribution in [0.1, 0.15) is 51.6 Å². The van der Waals surface area contributed by atoms with Crippen molar-refractivity contribution in [3.63, 3.8) is 0 Å². The van der Waals surface area contributed by atoms with Crippen LogP contribution in [-0.2, 0) is 0 Å². The Hall–Kier alpha value is -1.53. The highest BCUT2D eigenvalue weighted by Crippen LogP contribution is 2.39. The lowest BCUT2D eigenvalue weighted by Gasteiger charge is -2.39. The Labute approximate surface area is 115 Å². The molecule has 0 aromatic heterocycles. The van der Waals surface area contributed by atoms with Crippen LogP contribution in [0.4, 0.5) is 0 Å². The summed E-state index contributed by atoms with van der Waals surface area (Å²) in [6, 6.07) is 11.0. The second-order valence-electron chi connectivity index (χ2n) is 5.79. The van der Waals surface area contributed by atoms with E-state index >= 15 is 0 Å². The van der Waals surface area contributed by atoms with Crippen LogP contribution >= 0.6 is 0 Å². The molecule has 0 bridgehead atoms. The summed E-state index contributed by atoms with van der Waals surface area (Å²) in [5, 5.41) is 12.5. The zero-order valence-corrected chi connectivity index (χ0v) is 11.9. The molecule has 3 nitrogen and oxygen atoms in total. The Bertz CT molecular complexity index is 476. The van der Waals surface area contributed by atoms with E-state index in [-0.39, 0.29) is 17.7 Å². The standard InChI is InChI=1S/C16H22N2O/c1-4-12(9-10-17)18-14-11-16(2,3)19-15-8-6-5-7-13(14)15/h5-8,12,14,18H,4,9,11H2,1-3H3. The fourth-order valence-electron chi connectivity index (χ4n) is 2.67. The Morgan fingerprint density at radius 3 is 2.89 bits per heavy atom. The van der Waals surface area contributed by atoms with Crippen LogP contribution < -0.4 is 10.1 Å². The maximum atomic E-state index is 8.88. The highest BCUT2D eigenvalue weighted by molar-refractivity contribution is 5.38. The van der Waals surface area contributed by atoms with Gasteiger partial charge in [-0.3, -0.25) is 0 Å². The van der Waals surface area contributed by atoms with Gasteiger partial charge >= 0.3 is 0 Å². The van der Waals surface area contributed by atoms with E-state index in [0.717, 1.165) is 18.6 Å². The Balaban J connectivity index is 2.22. The number of para-hydroxylation sites is 1. The summed E-state index contributed by atoms with van der Waals surface area (Å²) >= 11 is 0. The second kappa shape index (κ2) is 5.63. The molecule has 102 valence electrons. The molecule has 1 aromatic rings. The molecule has 3 heteroatoms. The first kappa shape index (κ1) is 13.9. The van der Waals surface area contributed by atoms with Crippen LogP contribution in [0.3, 0.4) is 0 Å². The number of nitrogens with zero attached hydrogens (tertiary/aromatic N) is 1. The maximum absolute atomic E-state index is 8.88. The van der Waals surface area contributed by atoms with E-state index < -0.39 is 0 Å². The van der Waals surface area contributed by atoms with E-state index in [0.29, 0.717) is 6.42 Å². The van der Waals surface area contributed by atoms with Crippen LogP contribution in [0.2, 0.25) is 0 Å². The van der Waals surface area contributed by atoms with Crippen molar-refractivity contribution in [2.75, 3.05) is 0 Å². The maximum Gasteiger partial charge on any atom is 0.124 e. The molecule has 0 fully saturated rings. The van der Waals surface area contributed by atoms with Crippen molar-refractivity contribution in [3.8, 4) is 11.8 Å². The fraction of sp³-hybridized carbons (Fsp3) is 0.562. The average Bonchev–Trinajstić information content (AvgIpc) is 2.36. The molecule has 19 heavy (non-hydrogen) atoms. The number of fused-ring (bicyclic) bond motifs is 1. The molecule has 0 radical (unpaired) electrons. The molecule has 0 spiro atoms. The minimum absolute atomic E-state index is 0.170. The smallest absolute Gasteiger partial charge is 0.124 e. The highest BCUT2D eigenvalue weighted by Gasteiger charge is 2.34. The van der Waals surface area contributed by atoms with Gasteiger partial charge in [0.25, 0.3) is 0 Å². The topological polar surface area (TPSA) is 45.0 Å². The number of nitriles is 1. The molecule has 0 amide bonds. The minimum atomic E-state index is -0.170. The lowest BCUT2D eigenvalue weighted by atomic mass is 9.89. The molecule has 0 saturated carbocycles. The fourth-order valence-corrected chi connectivity index (χ4v) is 2.67. The summed E-state index contributed by atoms with van der Waals surface area (Å²) in [7, 11) is 0. The molecule has 2 unspecified atom stereocenters. The number of hydrogen-bond donors (Lipinski definition) is 1. The normalized spacial score (nSPS) is 21.9. The second-order valence-corrected chi connectivity index (χ2v) is 5.79. The van der Waals surface area contributed by atoms with Gasteiger partial charge in [0.15, 0.2) is 0 Å². The molecule has 2 atom stereocenters. The molecular formula is C16H22N2O. The van der Waals surface area contributed by atoms with Gasteiger partial charge in [-0.1, -0.05) is 25.1 Å². The first-order chi connectivity index (χ1) is 9.05. The number of nitrogens with one attached hydrogen (secondary N) is 1. The lowest BCUT2D eigenvalue weighted by Crippen LogP contribution is -2.42. The van der Waals surface area contributed by atoms with Gasteiger partial charge in [0.1, 0.15) is 11.4 Å². The predicted molar refractivity (Wildman–Crippen MR) is 76.0 cm³/mol. The van der Waals surface area contributed by atoms with Crippen molar-refractivity contribution in [1.29, 1.82) is 5.26 Å². The SMILES string of the molecule is CCC(CC#N)NC1CC(C)(C)Oc2ccccc21. The van der Waals surface area contributed by atoms with Crippen molar-refractivity contribution in [3.05, 3.63) is 29.8 Å². The monoisotopic (exact) mass is 258 g/mol. The summed E-state index contributed by atoms with van der Waals surface area (Å²) in [5.74, 6) is 0.961. The largest absolute Gasteiger partial charge is 0.487 e. The quantitative estimate of drug-likeness (QED) is 0.898. The summed E-state index contributed by atoms with van der Waals surface area (Å²) in [6.07, 6.45) is 2.44. The van der Waals surface area contributed by atoms with Crippen LogP contribution in [0.5, 0.6) is 5.75 Å². The third kappa shape index (κ3) is 3.27. The molecule has 0 saturated heterocycles. The van der Waals surface area contributed by atoms with E-state index in [9.17, 15) is 0 Å². The van der Waals surface area contributed by atoms with Gasteiger partial charge in [-0.15, -0.1) is 0 Å². The van der Waals surface area contributed by atoms with Crippen LogP contribution in [0.25, 0.3) is 0 Å². The lowest BCUT2D eigenvalue weighted by molar-refractivity contribution is 0.0636. The van der Waals surface area contributed by atoms with E-state index in [2.05, 4.69) is 38.2 Å². The van der Waals surface area contributed by atoms with Gasteiger partial charge in [-0.25, -0.2) is 0 Å².